The van der Waals surface area contributed by atoms with Gasteiger partial charge in [0, 0.05) is 19.5 Å². The number of Topliss-reactive ketones (excluding diaryl/α,β-unsaturated/α-hetero) is 1. The zero-order valence-electron chi connectivity index (χ0n) is 21.4. The van der Waals surface area contributed by atoms with Crippen molar-refractivity contribution in [1.82, 2.24) is 4.90 Å². The number of aliphatic hydroxyl groups excluding tert-OH is 1. The number of likely N-dealkylation sites (tertiary alicyclic amines) is 1. The van der Waals surface area contributed by atoms with Crippen LogP contribution in [0.5, 0.6) is 0 Å². The fraction of sp³-hybridized carbons (Fsp3) is 0.375. The van der Waals surface area contributed by atoms with Crippen LogP contribution in [0.4, 0.5) is 0 Å². The van der Waals surface area contributed by atoms with E-state index in [4.69, 9.17) is 0 Å². The lowest BCUT2D eigenvalue weighted by molar-refractivity contribution is -0.146. The van der Waals surface area contributed by atoms with Gasteiger partial charge in [0.15, 0.2) is 0 Å². The van der Waals surface area contributed by atoms with Crippen LogP contribution in [0.25, 0.3) is 11.1 Å². The first kappa shape index (κ1) is 25.8. The van der Waals surface area contributed by atoms with Crippen molar-refractivity contribution < 1.29 is 14.7 Å². The number of benzene rings is 3. The van der Waals surface area contributed by atoms with Crippen molar-refractivity contribution in [3.05, 3.63) is 95.6 Å². The number of amides is 1. The Morgan fingerprint density at radius 2 is 1.58 bits per heavy atom. The van der Waals surface area contributed by atoms with Gasteiger partial charge in [-0.3, -0.25) is 4.79 Å². The highest BCUT2D eigenvalue weighted by atomic mass is 16.3. The van der Waals surface area contributed by atoms with Crippen LogP contribution < -0.4 is 0 Å². The molecule has 3 atom stereocenters. The number of piperidine rings is 1. The van der Waals surface area contributed by atoms with Gasteiger partial charge < -0.3 is 14.8 Å². The van der Waals surface area contributed by atoms with Gasteiger partial charge in [0.2, 0.25) is 5.91 Å². The van der Waals surface area contributed by atoms with Crippen LogP contribution in [0.15, 0.2) is 78.9 Å². The van der Waals surface area contributed by atoms with Gasteiger partial charge in [0.1, 0.15) is 5.78 Å². The van der Waals surface area contributed by atoms with Gasteiger partial charge in [-0.25, -0.2) is 0 Å². The first-order valence-electron chi connectivity index (χ1n) is 13.1. The summed E-state index contributed by atoms with van der Waals surface area (Å²) >= 11 is 0. The largest absolute Gasteiger partial charge is 0.392 e. The number of nitrogens with zero attached hydrogens (tertiary/aromatic N) is 1. The quantitative estimate of drug-likeness (QED) is 0.393. The second-order valence-electron chi connectivity index (χ2n) is 10.1. The minimum atomic E-state index is -0.855. The standard InChI is InChI=1S/C32H37NO3/c1-3-24-12-7-14-27(19-24)28-15-8-13-26(20-28)21-29(18-23(2)34)31(35)30-16-9-17-33(32(30)36)22-25-10-5-4-6-11-25/h4-8,10-15,19-20,29-31,35H,3,9,16-18,21-22H2,1-2H3/t29-,30-,31-/m0/s1. The Hall–Kier alpha value is -3.24. The second kappa shape index (κ2) is 12.1. The lowest BCUT2D eigenvalue weighted by Crippen LogP contribution is -2.47. The van der Waals surface area contributed by atoms with E-state index in [-0.39, 0.29) is 24.0 Å². The van der Waals surface area contributed by atoms with Crippen LogP contribution in [0.3, 0.4) is 0 Å². The molecule has 3 aromatic carbocycles. The molecule has 1 aliphatic rings. The van der Waals surface area contributed by atoms with Crippen LogP contribution in [-0.2, 0) is 29.0 Å². The minimum Gasteiger partial charge on any atom is -0.392 e. The maximum Gasteiger partial charge on any atom is 0.228 e. The molecule has 0 saturated carbocycles. The lowest BCUT2D eigenvalue weighted by Gasteiger charge is -2.37. The van der Waals surface area contributed by atoms with Gasteiger partial charge in [0.25, 0.3) is 0 Å². The number of rotatable bonds is 10. The fourth-order valence-electron chi connectivity index (χ4n) is 5.41. The Bertz CT molecular complexity index is 1170. The highest BCUT2D eigenvalue weighted by Crippen LogP contribution is 2.31. The molecule has 0 radical (unpaired) electrons. The number of aryl methyl sites for hydroxylation is 1. The molecule has 1 N–H and O–H groups in total. The molecule has 1 aliphatic heterocycles. The van der Waals surface area contributed by atoms with E-state index in [0.29, 0.717) is 25.9 Å². The number of ketones is 1. The van der Waals surface area contributed by atoms with E-state index in [1.54, 1.807) is 6.92 Å². The molecule has 188 valence electrons. The van der Waals surface area contributed by atoms with Gasteiger partial charge in [-0.2, -0.15) is 0 Å². The molecule has 0 bridgehead atoms. The molecule has 0 spiro atoms. The minimum absolute atomic E-state index is 0.00344. The summed E-state index contributed by atoms with van der Waals surface area (Å²) in [7, 11) is 0. The molecular formula is C32H37NO3. The van der Waals surface area contributed by atoms with Gasteiger partial charge in [-0.1, -0.05) is 85.8 Å². The number of hydrogen-bond acceptors (Lipinski definition) is 3. The Morgan fingerprint density at radius 3 is 2.25 bits per heavy atom. The summed E-state index contributed by atoms with van der Waals surface area (Å²) < 4.78 is 0. The molecule has 36 heavy (non-hydrogen) atoms. The van der Waals surface area contributed by atoms with Crippen LogP contribution in [-0.4, -0.2) is 34.3 Å². The molecule has 0 aromatic heterocycles. The predicted molar refractivity (Wildman–Crippen MR) is 144 cm³/mol. The summed E-state index contributed by atoms with van der Waals surface area (Å²) in [6.07, 6.45) is 2.47. The smallest absolute Gasteiger partial charge is 0.228 e. The molecule has 1 saturated heterocycles. The van der Waals surface area contributed by atoms with Gasteiger partial charge >= 0.3 is 0 Å². The number of carbonyl (C=O) groups excluding carboxylic acids is 2. The zero-order chi connectivity index (χ0) is 25.5. The lowest BCUT2D eigenvalue weighted by atomic mass is 9.79. The summed E-state index contributed by atoms with van der Waals surface area (Å²) in [6.45, 7) is 4.97. The monoisotopic (exact) mass is 483 g/mol. The van der Waals surface area contributed by atoms with E-state index < -0.39 is 12.0 Å². The van der Waals surface area contributed by atoms with E-state index in [1.807, 2.05) is 41.3 Å². The summed E-state index contributed by atoms with van der Waals surface area (Å²) in [4.78, 5) is 27.4. The molecule has 0 unspecified atom stereocenters. The third kappa shape index (κ3) is 6.50. The average molecular weight is 484 g/mol. The van der Waals surface area contributed by atoms with Crippen molar-refractivity contribution in [3.8, 4) is 11.1 Å². The molecular weight excluding hydrogens is 446 g/mol. The first-order chi connectivity index (χ1) is 17.4. The third-order valence-corrected chi connectivity index (χ3v) is 7.33. The number of carbonyl (C=O) groups is 2. The van der Waals surface area contributed by atoms with Crippen molar-refractivity contribution in [3.63, 3.8) is 0 Å². The normalized spacial score (nSPS) is 17.6. The topological polar surface area (TPSA) is 57.6 Å². The Labute approximate surface area is 215 Å². The highest BCUT2D eigenvalue weighted by molar-refractivity contribution is 5.80. The van der Waals surface area contributed by atoms with E-state index in [0.717, 1.165) is 29.5 Å². The average Bonchev–Trinajstić information content (AvgIpc) is 2.90. The van der Waals surface area contributed by atoms with Crippen LogP contribution in [0.1, 0.15) is 49.8 Å². The van der Waals surface area contributed by atoms with E-state index in [9.17, 15) is 14.7 Å². The Morgan fingerprint density at radius 1 is 0.944 bits per heavy atom. The Kier molecular flexibility index (Phi) is 8.71. The zero-order valence-corrected chi connectivity index (χ0v) is 21.4. The van der Waals surface area contributed by atoms with Crippen LogP contribution in [0, 0.1) is 11.8 Å². The summed E-state index contributed by atoms with van der Waals surface area (Å²) in [5.41, 5.74) is 5.74. The fourth-order valence-corrected chi connectivity index (χ4v) is 5.41. The molecule has 1 heterocycles. The summed E-state index contributed by atoms with van der Waals surface area (Å²) in [5, 5.41) is 11.5. The van der Waals surface area contributed by atoms with Crippen molar-refractivity contribution in [2.24, 2.45) is 11.8 Å². The molecule has 4 heteroatoms. The molecule has 4 nitrogen and oxygen atoms in total. The molecule has 0 aliphatic carbocycles. The van der Waals surface area contributed by atoms with Crippen molar-refractivity contribution in [1.29, 1.82) is 0 Å². The Balaban J connectivity index is 1.51. The van der Waals surface area contributed by atoms with Crippen molar-refractivity contribution >= 4 is 11.7 Å². The molecule has 1 fully saturated rings. The molecule has 1 amide bonds. The van der Waals surface area contributed by atoms with E-state index in [2.05, 4.69) is 49.4 Å². The van der Waals surface area contributed by atoms with Gasteiger partial charge in [-0.15, -0.1) is 0 Å². The second-order valence-corrected chi connectivity index (χ2v) is 10.1. The summed E-state index contributed by atoms with van der Waals surface area (Å²) in [6, 6.07) is 26.8. The summed E-state index contributed by atoms with van der Waals surface area (Å²) in [5.74, 6) is -0.742. The maximum atomic E-state index is 13.4. The van der Waals surface area contributed by atoms with Crippen molar-refractivity contribution in [2.45, 2.75) is 58.6 Å². The number of aliphatic hydroxyl groups is 1. The third-order valence-electron chi connectivity index (χ3n) is 7.33. The van der Waals surface area contributed by atoms with Gasteiger partial charge in [-0.05, 0) is 66.3 Å². The van der Waals surface area contributed by atoms with Crippen LogP contribution >= 0.6 is 0 Å². The van der Waals surface area contributed by atoms with Crippen LogP contribution in [0.2, 0.25) is 0 Å². The van der Waals surface area contributed by atoms with Gasteiger partial charge in [0.05, 0.1) is 12.0 Å². The SMILES string of the molecule is CCc1cccc(-c2cccc(C[C@H](CC(C)=O)[C@H](O)[C@@H]3CCCN(Cc4ccccc4)C3=O)c2)c1. The predicted octanol–water partition coefficient (Wildman–Crippen LogP) is 5.85. The first-order valence-corrected chi connectivity index (χ1v) is 13.1. The van der Waals surface area contributed by atoms with Crippen molar-refractivity contribution in [2.75, 3.05) is 6.54 Å². The van der Waals surface area contributed by atoms with E-state index >= 15 is 0 Å². The molecule has 3 aromatic rings. The maximum absolute atomic E-state index is 13.4. The highest BCUT2D eigenvalue weighted by Gasteiger charge is 2.38. The molecule has 4 rings (SSSR count). The number of hydrogen-bond donors (Lipinski definition) is 1. The van der Waals surface area contributed by atoms with E-state index in [1.165, 1.54) is 11.1 Å².